The van der Waals surface area contributed by atoms with Crippen LogP contribution in [-0.2, 0) is 0 Å². The van der Waals surface area contributed by atoms with Crippen molar-refractivity contribution in [3.8, 4) is 6.07 Å². The first-order valence-corrected chi connectivity index (χ1v) is 5.87. The molecule has 1 aliphatic rings. The van der Waals surface area contributed by atoms with Gasteiger partial charge in [0.1, 0.15) is 0 Å². The average Bonchev–Trinajstić information content (AvgIpc) is 2.16. The molecule has 0 aromatic heterocycles. The zero-order valence-corrected chi connectivity index (χ0v) is 8.28. The molecule has 0 saturated carbocycles. The smallest absolute Gasteiger partial charge is 0.0911 e. The van der Waals surface area contributed by atoms with Gasteiger partial charge in [0.25, 0.3) is 0 Å². The molecule has 0 radical (unpaired) electrons. The van der Waals surface area contributed by atoms with Gasteiger partial charge in [0.05, 0.1) is 6.07 Å². The van der Waals surface area contributed by atoms with E-state index in [1.165, 1.54) is 11.7 Å². The second kappa shape index (κ2) is 2.95. The van der Waals surface area contributed by atoms with Crippen LogP contribution >= 0.6 is 7.92 Å². The highest BCUT2D eigenvalue weighted by Gasteiger charge is 2.34. The van der Waals surface area contributed by atoms with Crippen molar-refractivity contribution in [2.24, 2.45) is 0 Å². The molecule has 1 unspecified atom stereocenters. The Morgan fingerprint density at radius 2 is 2.27 bits per heavy atom. The summed E-state index contributed by atoms with van der Waals surface area (Å²) < 4.78 is 0. The van der Waals surface area contributed by atoms with Gasteiger partial charge in [-0.25, -0.2) is 0 Å². The molecule has 1 aliphatic heterocycles. The maximum absolute atomic E-state index is 8.53. The maximum Gasteiger partial charge on any atom is 0.0911 e. The summed E-state index contributed by atoms with van der Waals surface area (Å²) in [5.74, 6) is 0. The van der Waals surface area contributed by atoms with Crippen molar-refractivity contribution >= 4 is 7.92 Å². The second-order valence-electron chi connectivity index (χ2n) is 3.53. The van der Waals surface area contributed by atoms with Gasteiger partial charge in [0.15, 0.2) is 0 Å². The topological polar surface area (TPSA) is 23.8 Å². The fourth-order valence-corrected chi connectivity index (χ4v) is 3.25. The van der Waals surface area contributed by atoms with Crippen molar-refractivity contribution in [2.75, 3.05) is 12.8 Å². The van der Waals surface area contributed by atoms with Crippen LogP contribution in [0.2, 0.25) is 0 Å². The lowest BCUT2D eigenvalue weighted by Gasteiger charge is -2.25. The molecule has 0 bridgehead atoms. The summed E-state index contributed by atoms with van der Waals surface area (Å²) in [6, 6.07) is 2.13. The first kappa shape index (κ1) is 8.75. The number of hydrogen-bond donors (Lipinski definition) is 0. The Bertz CT molecular complexity index is 222. The van der Waals surface area contributed by atoms with Gasteiger partial charge in [-0.1, -0.05) is 21.8 Å². The van der Waals surface area contributed by atoms with E-state index in [0.717, 1.165) is 6.42 Å². The second-order valence-corrected chi connectivity index (χ2v) is 6.49. The molecule has 1 heterocycles. The molecule has 1 saturated heterocycles. The molecule has 1 rings (SSSR count). The highest BCUT2D eigenvalue weighted by Crippen LogP contribution is 2.57. The first-order chi connectivity index (χ1) is 5.09. The van der Waals surface area contributed by atoms with E-state index < -0.39 is 0 Å². The van der Waals surface area contributed by atoms with Crippen LogP contribution in [0.1, 0.15) is 20.3 Å². The lowest BCUT2D eigenvalue weighted by molar-refractivity contribution is 0.818. The van der Waals surface area contributed by atoms with Crippen molar-refractivity contribution in [1.82, 2.24) is 0 Å². The van der Waals surface area contributed by atoms with Crippen molar-refractivity contribution < 1.29 is 0 Å². The van der Waals surface area contributed by atoms with Crippen LogP contribution in [0.25, 0.3) is 0 Å². The largest absolute Gasteiger partial charge is 0.193 e. The van der Waals surface area contributed by atoms with E-state index in [-0.39, 0.29) is 7.92 Å². The van der Waals surface area contributed by atoms with Crippen LogP contribution < -0.4 is 0 Å². The Morgan fingerprint density at radius 3 is 2.64 bits per heavy atom. The quantitative estimate of drug-likeness (QED) is 0.402. The SMILES string of the molecule is CP1CCC(=CC#N)C1(C)C. The third kappa shape index (κ3) is 1.47. The third-order valence-corrected chi connectivity index (χ3v) is 5.79. The van der Waals surface area contributed by atoms with Gasteiger partial charge < -0.3 is 0 Å². The van der Waals surface area contributed by atoms with E-state index in [1.54, 1.807) is 6.08 Å². The van der Waals surface area contributed by atoms with E-state index in [1.807, 2.05) is 0 Å². The minimum absolute atomic E-state index is 0.121. The van der Waals surface area contributed by atoms with Crippen molar-refractivity contribution in [3.05, 3.63) is 11.6 Å². The predicted octanol–water partition coefficient (Wildman–Crippen LogP) is 2.73. The van der Waals surface area contributed by atoms with Crippen LogP contribution in [-0.4, -0.2) is 18.0 Å². The molecular formula is C9H14NP. The molecule has 1 fully saturated rings. The van der Waals surface area contributed by atoms with Crippen LogP contribution in [0.4, 0.5) is 0 Å². The Labute approximate surface area is 69.9 Å². The number of nitriles is 1. The fraction of sp³-hybridized carbons (Fsp3) is 0.667. The highest BCUT2D eigenvalue weighted by molar-refractivity contribution is 7.59. The lowest BCUT2D eigenvalue weighted by atomic mass is 10.0. The Morgan fingerprint density at radius 1 is 1.64 bits per heavy atom. The van der Waals surface area contributed by atoms with Crippen LogP contribution in [0.3, 0.4) is 0 Å². The van der Waals surface area contributed by atoms with Gasteiger partial charge in [-0.15, -0.1) is 0 Å². The van der Waals surface area contributed by atoms with Gasteiger partial charge in [-0.05, 0) is 24.8 Å². The number of nitrogens with zero attached hydrogens (tertiary/aromatic N) is 1. The minimum Gasteiger partial charge on any atom is -0.193 e. The van der Waals surface area contributed by atoms with Gasteiger partial charge in [0.2, 0.25) is 0 Å². The van der Waals surface area contributed by atoms with E-state index in [0.29, 0.717) is 5.16 Å². The van der Waals surface area contributed by atoms with Gasteiger partial charge in [-0.3, -0.25) is 0 Å². The molecule has 0 spiro atoms. The van der Waals surface area contributed by atoms with Crippen molar-refractivity contribution in [1.29, 1.82) is 5.26 Å². The van der Waals surface area contributed by atoms with Crippen molar-refractivity contribution in [3.63, 3.8) is 0 Å². The summed E-state index contributed by atoms with van der Waals surface area (Å²) in [6.45, 7) is 6.84. The number of hydrogen-bond acceptors (Lipinski definition) is 1. The summed E-state index contributed by atoms with van der Waals surface area (Å²) in [7, 11) is 0.121. The molecule has 11 heavy (non-hydrogen) atoms. The highest BCUT2D eigenvalue weighted by atomic mass is 31.1. The van der Waals surface area contributed by atoms with Gasteiger partial charge in [-0.2, -0.15) is 5.26 Å². The van der Waals surface area contributed by atoms with E-state index in [2.05, 4.69) is 26.6 Å². The Hall–Kier alpha value is -0.340. The molecule has 0 aromatic rings. The summed E-state index contributed by atoms with van der Waals surface area (Å²) in [6.07, 6.45) is 4.18. The number of allylic oxidation sites excluding steroid dienone is 2. The van der Waals surface area contributed by atoms with Crippen LogP contribution in [0, 0.1) is 11.3 Å². The monoisotopic (exact) mass is 167 g/mol. The molecular weight excluding hydrogens is 153 g/mol. The Kier molecular flexibility index (Phi) is 2.35. The van der Waals surface area contributed by atoms with Crippen LogP contribution in [0.15, 0.2) is 11.6 Å². The van der Waals surface area contributed by atoms with Gasteiger partial charge >= 0.3 is 0 Å². The molecule has 1 nitrogen and oxygen atoms in total. The molecule has 0 N–H and O–H groups in total. The van der Waals surface area contributed by atoms with Gasteiger partial charge in [0, 0.05) is 11.2 Å². The van der Waals surface area contributed by atoms with Crippen molar-refractivity contribution in [2.45, 2.75) is 25.4 Å². The summed E-state index contributed by atoms with van der Waals surface area (Å²) >= 11 is 0. The summed E-state index contributed by atoms with van der Waals surface area (Å²) in [5.41, 5.74) is 1.36. The molecule has 0 aliphatic carbocycles. The summed E-state index contributed by atoms with van der Waals surface area (Å²) in [5, 5.41) is 8.85. The van der Waals surface area contributed by atoms with Crippen LogP contribution in [0.5, 0.6) is 0 Å². The zero-order chi connectivity index (χ0) is 8.48. The molecule has 60 valence electrons. The molecule has 1 atom stereocenters. The first-order valence-electron chi connectivity index (χ1n) is 3.89. The lowest BCUT2D eigenvalue weighted by Crippen LogP contribution is -2.14. The number of rotatable bonds is 0. The average molecular weight is 167 g/mol. The fourth-order valence-electron chi connectivity index (χ4n) is 1.45. The Balaban J connectivity index is 2.89. The standard InChI is InChI=1S/C9H14NP/c1-9(2)8(4-6-10)5-7-11(9)3/h4H,5,7H2,1-3H3. The third-order valence-electron chi connectivity index (χ3n) is 2.70. The van der Waals surface area contributed by atoms with E-state index in [4.69, 9.17) is 5.26 Å². The maximum atomic E-state index is 8.53. The molecule has 2 heteroatoms. The van der Waals surface area contributed by atoms with E-state index in [9.17, 15) is 0 Å². The molecule has 0 aromatic carbocycles. The minimum atomic E-state index is 0.121. The van der Waals surface area contributed by atoms with E-state index >= 15 is 0 Å². The normalized spacial score (nSPS) is 32.2. The zero-order valence-electron chi connectivity index (χ0n) is 7.39. The summed E-state index contributed by atoms with van der Waals surface area (Å²) in [4.78, 5) is 0. The molecule has 0 amide bonds. The predicted molar refractivity (Wildman–Crippen MR) is 50.1 cm³/mol.